The maximum atomic E-state index is 12.9. The zero-order valence-electron chi connectivity index (χ0n) is 23.0. The van der Waals surface area contributed by atoms with E-state index in [9.17, 15) is 27.6 Å². The lowest BCUT2D eigenvalue weighted by Gasteiger charge is -2.37. The van der Waals surface area contributed by atoms with E-state index in [0.29, 0.717) is 0 Å². The van der Waals surface area contributed by atoms with Crippen molar-refractivity contribution in [1.82, 2.24) is 14.9 Å². The minimum Gasteiger partial charge on any atom is -0.414 e. The number of hydrogen-bond donors (Lipinski definition) is 2. The number of anilines is 1. The normalized spacial score (nSPS) is 19.3. The van der Waals surface area contributed by atoms with E-state index in [1.807, 2.05) is 0 Å². The zero-order valence-corrected chi connectivity index (χ0v) is 24.0. The van der Waals surface area contributed by atoms with Crippen molar-refractivity contribution in [2.45, 2.75) is 76.9 Å². The van der Waals surface area contributed by atoms with Crippen LogP contribution in [0, 0.1) is 11.8 Å². The van der Waals surface area contributed by atoms with Gasteiger partial charge in [-0.05, 0) is 23.7 Å². The smallest absolute Gasteiger partial charge is 0.414 e. The molecule has 13 nitrogen and oxygen atoms in total. The highest BCUT2D eigenvalue weighted by Gasteiger charge is 2.42. The van der Waals surface area contributed by atoms with Crippen LogP contribution in [0.1, 0.15) is 45.9 Å². The van der Waals surface area contributed by atoms with Crippen LogP contribution >= 0.6 is 0 Å². The Morgan fingerprint density at radius 2 is 2.02 bits per heavy atom. The van der Waals surface area contributed by atoms with Crippen LogP contribution in [0.25, 0.3) is 10.4 Å². The van der Waals surface area contributed by atoms with E-state index < -0.39 is 57.0 Å². The summed E-state index contributed by atoms with van der Waals surface area (Å²) in [5.41, 5.74) is 7.79. The second-order valence-electron chi connectivity index (χ2n) is 10.4. The second-order valence-corrected chi connectivity index (χ2v) is 15.2. The van der Waals surface area contributed by atoms with Gasteiger partial charge in [0, 0.05) is 24.5 Å². The lowest BCUT2D eigenvalue weighted by atomic mass is 10.2. The molecule has 1 saturated heterocycles. The van der Waals surface area contributed by atoms with Gasteiger partial charge in [0.15, 0.2) is 14.1 Å². The lowest BCUT2D eigenvalue weighted by molar-refractivity contribution is -0.173. The van der Waals surface area contributed by atoms with Gasteiger partial charge in [-0.3, -0.25) is 14.2 Å². The molecule has 17 heteroatoms. The van der Waals surface area contributed by atoms with Crippen LogP contribution < -0.4 is 16.3 Å². The van der Waals surface area contributed by atoms with E-state index in [-0.39, 0.29) is 36.2 Å². The minimum absolute atomic E-state index is 0.00724. The topological polar surface area (TPSA) is 170 Å². The molecule has 0 spiro atoms. The van der Waals surface area contributed by atoms with Crippen molar-refractivity contribution < 1.29 is 36.7 Å². The molecule has 1 aromatic heterocycles. The van der Waals surface area contributed by atoms with Gasteiger partial charge in [0.1, 0.15) is 19.1 Å². The molecule has 3 atom stereocenters. The van der Waals surface area contributed by atoms with Crippen LogP contribution in [0.4, 0.5) is 19.0 Å². The molecular weight excluding hydrogens is 555 g/mol. The van der Waals surface area contributed by atoms with Crippen LogP contribution in [-0.4, -0.2) is 67.9 Å². The first kappa shape index (κ1) is 32.8. The standard InChI is InChI=1S/C23H32F3N7O6Si/c1-14(34)30-19-15(8-7-9-28-20(35)23(24,25)26)11-33(21(36)31-19)18-10-16(37-13-29-32-27)17(39-18)12-38-40(5,6)22(2,3)4/h11,16-18H,9-10,12-13H2,1-6H3,(H,28,35)(H,30,31,34,36)/t16-,17+,18+/m0/s1. The van der Waals surface area contributed by atoms with Crippen molar-refractivity contribution in [3.05, 3.63) is 32.7 Å². The van der Waals surface area contributed by atoms with Crippen molar-refractivity contribution in [3.8, 4) is 11.8 Å². The van der Waals surface area contributed by atoms with E-state index in [2.05, 4.69) is 66.0 Å². The van der Waals surface area contributed by atoms with E-state index in [1.165, 1.54) is 13.1 Å². The van der Waals surface area contributed by atoms with Crippen LogP contribution in [0.3, 0.4) is 0 Å². The Balaban J connectivity index is 2.35. The number of hydrogen-bond acceptors (Lipinski definition) is 8. The Morgan fingerprint density at radius 1 is 1.35 bits per heavy atom. The number of alkyl halides is 3. The molecule has 220 valence electrons. The van der Waals surface area contributed by atoms with Crippen molar-refractivity contribution in [2.24, 2.45) is 5.11 Å². The fraction of sp³-hybridized carbons (Fsp3) is 0.652. The van der Waals surface area contributed by atoms with Crippen LogP contribution in [0.15, 0.2) is 16.1 Å². The minimum atomic E-state index is -5.07. The summed E-state index contributed by atoms with van der Waals surface area (Å²) in [5.74, 6) is 1.91. The maximum absolute atomic E-state index is 12.9. The molecule has 40 heavy (non-hydrogen) atoms. The first-order valence-corrected chi connectivity index (χ1v) is 15.0. The summed E-state index contributed by atoms with van der Waals surface area (Å²) in [4.78, 5) is 42.0. The van der Waals surface area contributed by atoms with Crippen LogP contribution in [0.2, 0.25) is 18.1 Å². The molecule has 2 N–H and O–H groups in total. The number of amides is 2. The molecule has 0 bridgehead atoms. The number of nitrogens with zero attached hydrogens (tertiary/aromatic N) is 5. The van der Waals surface area contributed by atoms with Crippen LogP contribution in [0.5, 0.6) is 0 Å². The molecule has 1 fully saturated rings. The average molecular weight is 588 g/mol. The number of halogens is 3. The number of carbonyl (C=O) groups is 2. The first-order valence-electron chi connectivity index (χ1n) is 12.1. The van der Waals surface area contributed by atoms with Gasteiger partial charge in [-0.15, -0.1) is 0 Å². The van der Waals surface area contributed by atoms with Gasteiger partial charge in [0.05, 0.1) is 24.8 Å². The summed E-state index contributed by atoms with van der Waals surface area (Å²) in [7, 11) is -2.18. The largest absolute Gasteiger partial charge is 0.471 e. The number of nitrogens with one attached hydrogen (secondary N) is 2. The first-order chi connectivity index (χ1) is 18.5. The Morgan fingerprint density at radius 3 is 2.60 bits per heavy atom. The predicted molar refractivity (Wildman–Crippen MR) is 139 cm³/mol. The summed E-state index contributed by atoms with van der Waals surface area (Å²) in [5, 5.41) is 7.26. The van der Waals surface area contributed by atoms with Gasteiger partial charge in [-0.2, -0.15) is 18.2 Å². The quantitative estimate of drug-likeness (QED) is 0.147. The van der Waals surface area contributed by atoms with Crippen molar-refractivity contribution in [3.63, 3.8) is 0 Å². The molecule has 0 unspecified atom stereocenters. The summed E-state index contributed by atoms with van der Waals surface area (Å²) in [6.07, 6.45) is -5.86. The monoisotopic (exact) mass is 587 g/mol. The SMILES string of the molecule is CC(=O)Nc1nc(=O)n([C@H]2C[C@H](OCN=[N+]=[N-])[C@@H](CO[Si](C)(C)C(C)(C)C)O2)cc1C#CCNC(=O)C(F)(F)F. The highest BCUT2D eigenvalue weighted by atomic mass is 28.4. The summed E-state index contributed by atoms with van der Waals surface area (Å²) in [6.45, 7) is 10.7. The predicted octanol–water partition coefficient (Wildman–Crippen LogP) is 3.19. The molecule has 0 radical (unpaired) electrons. The van der Waals surface area contributed by atoms with Gasteiger partial charge >= 0.3 is 17.8 Å². The molecule has 0 saturated carbocycles. The molecule has 1 aliphatic heterocycles. The molecule has 0 aromatic carbocycles. The van der Waals surface area contributed by atoms with Crippen molar-refractivity contribution in [1.29, 1.82) is 0 Å². The lowest BCUT2D eigenvalue weighted by Crippen LogP contribution is -2.44. The molecule has 1 aliphatic rings. The van der Waals surface area contributed by atoms with Gasteiger partial charge in [-0.25, -0.2) is 4.79 Å². The van der Waals surface area contributed by atoms with Gasteiger partial charge in [-0.1, -0.05) is 37.7 Å². The van der Waals surface area contributed by atoms with Crippen LogP contribution in [-0.2, 0) is 23.5 Å². The summed E-state index contributed by atoms with van der Waals surface area (Å²) in [6, 6.07) is 0. The summed E-state index contributed by atoms with van der Waals surface area (Å²) < 4.78 is 56.4. The van der Waals surface area contributed by atoms with E-state index in [0.717, 1.165) is 4.57 Å². The van der Waals surface area contributed by atoms with Crippen molar-refractivity contribution in [2.75, 3.05) is 25.2 Å². The number of azide groups is 1. The fourth-order valence-corrected chi connectivity index (χ4v) is 4.27. The van der Waals surface area contributed by atoms with Crippen molar-refractivity contribution >= 4 is 25.9 Å². The third-order valence-electron chi connectivity index (χ3n) is 6.38. The third-order valence-corrected chi connectivity index (χ3v) is 10.9. The highest BCUT2D eigenvalue weighted by Crippen LogP contribution is 2.38. The van der Waals surface area contributed by atoms with E-state index >= 15 is 0 Å². The van der Waals surface area contributed by atoms with E-state index in [1.54, 1.807) is 5.32 Å². The molecule has 2 rings (SSSR count). The number of rotatable bonds is 9. The zero-order chi connectivity index (χ0) is 30.3. The Labute approximate surface area is 229 Å². The van der Waals surface area contributed by atoms with Gasteiger partial charge in [0.25, 0.3) is 0 Å². The molecular formula is C23H32F3N7O6Si. The van der Waals surface area contributed by atoms with E-state index in [4.69, 9.17) is 19.4 Å². The molecule has 2 amide bonds. The Hall–Kier alpha value is -3.42. The molecule has 2 heterocycles. The second kappa shape index (κ2) is 13.3. The highest BCUT2D eigenvalue weighted by molar-refractivity contribution is 6.74. The Bertz CT molecular complexity index is 1260. The van der Waals surface area contributed by atoms with Gasteiger partial charge < -0.3 is 24.5 Å². The fourth-order valence-electron chi connectivity index (χ4n) is 3.25. The molecule has 0 aliphatic carbocycles. The summed E-state index contributed by atoms with van der Waals surface area (Å²) >= 11 is 0. The maximum Gasteiger partial charge on any atom is 0.471 e. The number of ether oxygens (including phenoxy) is 2. The number of carbonyl (C=O) groups excluding carboxylic acids is 2. The third kappa shape index (κ3) is 9.06. The van der Waals surface area contributed by atoms with Gasteiger partial charge in [0.2, 0.25) is 5.91 Å². The molecule has 1 aromatic rings. The Kier molecular flexibility index (Phi) is 10.9. The average Bonchev–Trinajstić information content (AvgIpc) is 3.22. The number of aromatic nitrogens is 2.